The summed E-state index contributed by atoms with van der Waals surface area (Å²) in [5.41, 5.74) is 7.31. The first-order valence-corrected chi connectivity index (χ1v) is 6.23. The predicted molar refractivity (Wildman–Crippen MR) is 72.4 cm³/mol. The number of rotatable bonds is 3. The second kappa shape index (κ2) is 5.42. The molecular formula is C12H17N3OS. The van der Waals surface area contributed by atoms with Crippen molar-refractivity contribution in [2.45, 2.75) is 19.4 Å². The van der Waals surface area contributed by atoms with E-state index in [1.165, 1.54) is 0 Å². The molecule has 5 heteroatoms. The number of nitrogens with two attached hydrogens (primary N) is 1. The summed E-state index contributed by atoms with van der Waals surface area (Å²) in [4.78, 5) is 6.95. The van der Waals surface area contributed by atoms with Crippen LogP contribution in [-0.2, 0) is 4.74 Å². The Morgan fingerprint density at radius 3 is 3.06 bits per heavy atom. The summed E-state index contributed by atoms with van der Waals surface area (Å²) < 4.78 is 5.48. The second-order valence-electron chi connectivity index (χ2n) is 4.10. The molecule has 0 saturated carbocycles. The summed E-state index contributed by atoms with van der Waals surface area (Å²) in [6.07, 6.45) is 2.90. The van der Waals surface area contributed by atoms with Gasteiger partial charge in [0.05, 0.1) is 36.8 Å². The maximum atomic E-state index is 5.53. The number of pyridine rings is 1. The molecule has 0 radical (unpaired) electrons. The smallest absolute Gasteiger partial charge is 0.122 e. The lowest BCUT2D eigenvalue weighted by molar-refractivity contribution is 0.0929. The monoisotopic (exact) mass is 251 g/mol. The van der Waals surface area contributed by atoms with Gasteiger partial charge in [-0.15, -0.1) is 0 Å². The fourth-order valence-electron chi connectivity index (χ4n) is 2.03. The molecule has 17 heavy (non-hydrogen) atoms. The van der Waals surface area contributed by atoms with Crippen molar-refractivity contribution in [3.63, 3.8) is 0 Å². The van der Waals surface area contributed by atoms with E-state index in [-0.39, 0.29) is 0 Å². The van der Waals surface area contributed by atoms with E-state index in [0.29, 0.717) is 16.7 Å². The summed E-state index contributed by atoms with van der Waals surface area (Å²) in [6, 6.07) is 4.33. The first-order valence-electron chi connectivity index (χ1n) is 5.82. The number of thiocarbonyl (C=S) groups is 1. The summed E-state index contributed by atoms with van der Waals surface area (Å²) in [7, 11) is 0. The Balaban J connectivity index is 2.17. The predicted octanol–water partition coefficient (Wildman–Crippen LogP) is 1.33. The van der Waals surface area contributed by atoms with Gasteiger partial charge in [0.25, 0.3) is 0 Å². The van der Waals surface area contributed by atoms with E-state index in [4.69, 9.17) is 22.7 Å². The third-order valence-electron chi connectivity index (χ3n) is 3.03. The van der Waals surface area contributed by atoms with Crippen LogP contribution in [0.4, 0.5) is 5.69 Å². The largest absolute Gasteiger partial charge is 0.388 e. The third-order valence-corrected chi connectivity index (χ3v) is 3.24. The van der Waals surface area contributed by atoms with Gasteiger partial charge in [0, 0.05) is 6.54 Å². The molecule has 2 N–H and O–H groups in total. The molecule has 0 aromatic carbocycles. The van der Waals surface area contributed by atoms with Crippen molar-refractivity contribution in [3.8, 4) is 0 Å². The van der Waals surface area contributed by atoms with Gasteiger partial charge in [-0.1, -0.05) is 19.1 Å². The lowest BCUT2D eigenvalue weighted by Gasteiger charge is -2.36. The van der Waals surface area contributed by atoms with Gasteiger partial charge in [0.2, 0.25) is 0 Å². The molecule has 1 unspecified atom stereocenters. The Labute approximate surface area is 107 Å². The van der Waals surface area contributed by atoms with Crippen molar-refractivity contribution < 1.29 is 4.74 Å². The quantitative estimate of drug-likeness (QED) is 0.821. The van der Waals surface area contributed by atoms with E-state index >= 15 is 0 Å². The first kappa shape index (κ1) is 12.3. The Kier molecular flexibility index (Phi) is 3.91. The Morgan fingerprint density at radius 1 is 1.65 bits per heavy atom. The summed E-state index contributed by atoms with van der Waals surface area (Å²) in [6.45, 7) is 4.64. The van der Waals surface area contributed by atoms with Crippen molar-refractivity contribution >= 4 is 22.9 Å². The number of hydrogen-bond acceptors (Lipinski definition) is 4. The molecule has 0 bridgehead atoms. The van der Waals surface area contributed by atoms with Crippen molar-refractivity contribution in [1.82, 2.24) is 4.98 Å². The zero-order valence-electron chi connectivity index (χ0n) is 9.93. The van der Waals surface area contributed by atoms with E-state index < -0.39 is 0 Å². The second-order valence-corrected chi connectivity index (χ2v) is 4.54. The minimum Gasteiger partial charge on any atom is -0.388 e. The molecule has 92 valence electrons. The molecule has 1 fully saturated rings. The summed E-state index contributed by atoms with van der Waals surface area (Å²) in [5.74, 6) is 0. The van der Waals surface area contributed by atoms with Crippen LogP contribution in [0.1, 0.15) is 19.0 Å². The van der Waals surface area contributed by atoms with Gasteiger partial charge in [-0.25, -0.2) is 0 Å². The number of ether oxygens (including phenoxy) is 1. The van der Waals surface area contributed by atoms with E-state index in [0.717, 1.165) is 31.9 Å². The SMILES string of the molecule is CCC1COCCN1c1ccc(C(N)=S)nc1. The number of hydrogen-bond donors (Lipinski definition) is 1. The van der Waals surface area contributed by atoms with Crippen LogP contribution in [0.2, 0.25) is 0 Å². The highest BCUT2D eigenvalue weighted by molar-refractivity contribution is 7.80. The van der Waals surface area contributed by atoms with Crippen LogP contribution in [0, 0.1) is 0 Å². The standard InChI is InChI=1S/C12H17N3OS/c1-2-9-8-16-6-5-15(9)10-3-4-11(12(13)17)14-7-10/h3-4,7,9H,2,5-6,8H2,1H3,(H2,13,17). The van der Waals surface area contributed by atoms with Crippen LogP contribution in [0.15, 0.2) is 18.3 Å². The number of morpholine rings is 1. The third kappa shape index (κ3) is 2.73. The molecule has 1 saturated heterocycles. The zero-order chi connectivity index (χ0) is 12.3. The van der Waals surface area contributed by atoms with Crippen LogP contribution in [-0.4, -0.2) is 35.8 Å². The average Bonchev–Trinajstić information content (AvgIpc) is 2.39. The van der Waals surface area contributed by atoms with Gasteiger partial charge in [0.15, 0.2) is 0 Å². The topological polar surface area (TPSA) is 51.4 Å². The van der Waals surface area contributed by atoms with Crippen molar-refractivity contribution in [2.24, 2.45) is 5.73 Å². The number of nitrogens with zero attached hydrogens (tertiary/aromatic N) is 2. The van der Waals surface area contributed by atoms with Crippen LogP contribution in [0.25, 0.3) is 0 Å². The molecule has 0 amide bonds. The molecule has 4 nitrogen and oxygen atoms in total. The Morgan fingerprint density at radius 2 is 2.47 bits per heavy atom. The van der Waals surface area contributed by atoms with Crippen LogP contribution in [0.5, 0.6) is 0 Å². The van der Waals surface area contributed by atoms with Gasteiger partial charge < -0.3 is 15.4 Å². The van der Waals surface area contributed by atoms with Gasteiger partial charge >= 0.3 is 0 Å². The van der Waals surface area contributed by atoms with Gasteiger partial charge in [0.1, 0.15) is 4.99 Å². The molecule has 1 aromatic rings. The Hall–Kier alpha value is -1.20. The molecule has 1 atom stereocenters. The van der Waals surface area contributed by atoms with Crippen molar-refractivity contribution in [3.05, 3.63) is 24.0 Å². The normalized spacial score (nSPS) is 20.3. The number of anilines is 1. The molecule has 1 aromatic heterocycles. The fourth-order valence-corrected chi connectivity index (χ4v) is 2.16. The van der Waals surface area contributed by atoms with Crippen LogP contribution < -0.4 is 10.6 Å². The summed E-state index contributed by atoms with van der Waals surface area (Å²) in [5, 5.41) is 0. The van der Waals surface area contributed by atoms with Crippen molar-refractivity contribution in [1.29, 1.82) is 0 Å². The van der Waals surface area contributed by atoms with E-state index in [2.05, 4.69) is 16.8 Å². The van der Waals surface area contributed by atoms with Gasteiger partial charge in [-0.3, -0.25) is 4.98 Å². The molecule has 2 heterocycles. The molecule has 1 aliphatic rings. The lowest BCUT2D eigenvalue weighted by atomic mass is 10.1. The highest BCUT2D eigenvalue weighted by atomic mass is 32.1. The molecule has 1 aliphatic heterocycles. The molecule has 0 aliphatic carbocycles. The maximum absolute atomic E-state index is 5.53. The average molecular weight is 251 g/mol. The maximum Gasteiger partial charge on any atom is 0.122 e. The van der Waals surface area contributed by atoms with Crippen LogP contribution in [0.3, 0.4) is 0 Å². The summed E-state index contributed by atoms with van der Waals surface area (Å²) >= 11 is 4.89. The highest BCUT2D eigenvalue weighted by Gasteiger charge is 2.21. The minimum atomic E-state index is 0.338. The van der Waals surface area contributed by atoms with Crippen molar-refractivity contribution in [2.75, 3.05) is 24.7 Å². The van der Waals surface area contributed by atoms with Crippen LogP contribution >= 0.6 is 12.2 Å². The highest BCUT2D eigenvalue weighted by Crippen LogP contribution is 2.20. The van der Waals surface area contributed by atoms with E-state index in [1.54, 1.807) is 0 Å². The van der Waals surface area contributed by atoms with E-state index in [1.807, 2.05) is 18.3 Å². The molecule has 0 spiro atoms. The fraction of sp³-hybridized carbons (Fsp3) is 0.500. The van der Waals surface area contributed by atoms with Gasteiger partial charge in [-0.05, 0) is 18.6 Å². The number of aromatic nitrogens is 1. The van der Waals surface area contributed by atoms with E-state index in [9.17, 15) is 0 Å². The van der Waals surface area contributed by atoms with Gasteiger partial charge in [-0.2, -0.15) is 0 Å². The zero-order valence-corrected chi connectivity index (χ0v) is 10.7. The molecular weight excluding hydrogens is 234 g/mol. The first-order chi connectivity index (χ1) is 8.22. The lowest BCUT2D eigenvalue weighted by Crippen LogP contribution is -2.45. The minimum absolute atomic E-state index is 0.338. The molecule has 2 rings (SSSR count). The Bertz CT molecular complexity index is 393.